The van der Waals surface area contributed by atoms with E-state index < -0.39 is 0 Å². The summed E-state index contributed by atoms with van der Waals surface area (Å²) in [5, 5.41) is 12.4. The van der Waals surface area contributed by atoms with Crippen molar-refractivity contribution in [2.75, 3.05) is 30.8 Å². The maximum absolute atomic E-state index is 12.4. The minimum absolute atomic E-state index is 0.129. The Morgan fingerprint density at radius 1 is 1.19 bits per heavy atom. The SMILES string of the molecule is CCOc1ccc(C(=O)NCCn2ncc3c(NCC(C)C)nc(SCC)nc32)cc1. The van der Waals surface area contributed by atoms with Crippen LogP contribution in [0.5, 0.6) is 5.75 Å². The first-order valence-electron chi connectivity index (χ1n) is 10.6. The maximum Gasteiger partial charge on any atom is 0.251 e. The lowest BCUT2D eigenvalue weighted by molar-refractivity contribution is 0.0952. The number of thioether (sulfide) groups is 1. The number of nitrogens with zero attached hydrogens (tertiary/aromatic N) is 4. The number of carbonyl (C=O) groups excluding carboxylic acids is 1. The highest BCUT2D eigenvalue weighted by molar-refractivity contribution is 7.99. The molecular formula is C22H30N6O2S. The Bertz CT molecular complexity index is 1000. The summed E-state index contributed by atoms with van der Waals surface area (Å²) in [7, 11) is 0. The molecule has 0 aliphatic carbocycles. The first-order valence-corrected chi connectivity index (χ1v) is 11.6. The van der Waals surface area contributed by atoms with E-state index in [9.17, 15) is 4.79 Å². The van der Waals surface area contributed by atoms with Crippen molar-refractivity contribution in [2.45, 2.75) is 39.4 Å². The van der Waals surface area contributed by atoms with E-state index >= 15 is 0 Å². The molecule has 8 nitrogen and oxygen atoms in total. The number of benzene rings is 1. The van der Waals surface area contributed by atoms with Crippen LogP contribution in [-0.2, 0) is 6.54 Å². The summed E-state index contributed by atoms with van der Waals surface area (Å²) in [5.41, 5.74) is 1.37. The third kappa shape index (κ3) is 6.10. The van der Waals surface area contributed by atoms with Crippen LogP contribution in [-0.4, -0.2) is 51.1 Å². The highest BCUT2D eigenvalue weighted by atomic mass is 32.2. The molecule has 166 valence electrons. The van der Waals surface area contributed by atoms with Gasteiger partial charge in [-0.2, -0.15) is 5.10 Å². The van der Waals surface area contributed by atoms with E-state index in [-0.39, 0.29) is 5.91 Å². The van der Waals surface area contributed by atoms with E-state index in [0.717, 1.165) is 40.1 Å². The lowest BCUT2D eigenvalue weighted by Crippen LogP contribution is -2.27. The van der Waals surface area contributed by atoms with Crippen molar-refractivity contribution in [1.82, 2.24) is 25.1 Å². The Labute approximate surface area is 187 Å². The van der Waals surface area contributed by atoms with Crippen LogP contribution in [0.25, 0.3) is 11.0 Å². The van der Waals surface area contributed by atoms with Crippen LogP contribution in [0.15, 0.2) is 35.6 Å². The van der Waals surface area contributed by atoms with Gasteiger partial charge in [-0.25, -0.2) is 14.6 Å². The number of hydrogen-bond acceptors (Lipinski definition) is 7. The molecule has 0 radical (unpaired) electrons. The van der Waals surface area contributed by atoms with Gasteiger partial charge < -0.3 is 15.4 Å². The molecule has 2 aromatic heterocycles. The molecule has 0 spiro atoms. The predicted octanol–water partition coefficient (Wildman–Crippen LogP) is 3.83. The number of carbonyl (C=O) groups is 1. The summed E-state index contributed by atoms with van der Waals surface area (Å²) in [6.45, 7) is 10.7. The Balaban J connectivity index is 1.68. The second-order valence-corrected chi connectivity index (χ2v) is 8.61. The topological polar surface area (TPSA) is 94.0 Å². The number of rotatable bonds is 11. The molecule has 0 unspecified atom stereocenters. The monoisotopic (exact) mass is 442 g/mol. The quantitative estimate of drug-likeness (QED) is 0.344. The van der Waals surface area contributed by atoms with Gasteiger partial charge in [-0.15, -0.1) is 0 Å². The molecular weight excluding hydrogens is 412 g/mol. The predicted molar refractivity (Wildman–Crippen MR) is 125 cm³/mol. The molecule has 0 fully saturated rings. The van der Waals surface area contributed by atoms with E-state index in [0.29, 0.717) is 31.2 Å². The molecule has 0 aliphatic heterocycles. The highest BCUT2D eigenvalue weighted by Gasteiger charge is 2.14. The van der Waals surface area contributed by atoms with Gasteiger partial charge in [-0.3, -0.25) is 4.79 Å². The van der Waals surface area contributed by atoms with Gasteiger partial charge in [0, 0.05) is 18.7 Å². The van der Waals surface area contributed by atoms with E-state index in [1.165, 1.54) is 0 Å². The van der Waals surface area contributed by atoms with Gasteiger partial charge in [-0.1, -0.05) is 32.5 Å². The molecule has 0 aliphatic rings. The summed E-state index contributed by atoms with van der Waals surface area (Å²) in [4.78, 5) is 21.8. The van der Waals surface area contributed by atoms with E-state index in [4.69, 9.17) is 4.74 Å². The van der Waals surface area contributed by atoms with Gasteiger partial charge >= 0.3 is 0 Å². The van der Waals surface area contributed by atoms with Gasteiger partial charge in [0.1, 0.15) is 11.6 Å². The number of hydrogen-bond donors (Lipinski definition) is 2. The lowest BCUT2D eigenvalue weighted by atomic mass is 10.2. The summed E-state index contributed by atoms with van der Waals surface area (Å²) in [6, 6.07) is 7.12. The third-order valence-electron chi connectivity index (χ3n) is 4.46. The van der Waals surface area contributed by atoms with Crippen LogP contribution >= 0.6 is 11.8 Å². The molecule has 2 heterocycles. The van der Waals surface area contributed by atoms with Crippen LogP contribution in [0, 0.1) is 5.92 Å². The Kier molecular flexibility index (Phi) is 8.11. The van der Waals surface area contributed by atoms with E-state index in [1.54, 1.807) is 42.2 Å². The van der Waals surface area contributed by atoms with Gasteiger partial charge in [0.25, 0.3) is 5.91 Å². The third-order valence-corrected chi connectivity index (χ3v) is 5.19. The zero-order valence-corrected chi connectivity index (χ0v) is 19.3. The van der Waals surface area contributed by atoms with Crippen LogP contribution < -0.4 is 15.4 Å². The fraction of sp³-hybridized carbons (Fsp3) is 0.455. The molecule has 3 aromatic rings. The minimum atomic E-state index is -0.129. The van der Waals surface area contributed by atoms with Crippen LogP contribution in [0.3, 0.4) is 0 Å². The summed E-state index contributed by atoms with van der Waals surface area (Å²) < 4.78 is 7.23. The molecule has 1 aromatic carbocycles. The largest absolute Gasteiger partial charge is 0.494 e. The molecule has 9 heteroatoms. The summed E-state index contributed by atoms with van der Waals surface area (Å²) in [6.07, 6.45) is 1.78. The number of amides is 1. The summed E-state index contributed by atoms with van der Waals surface area (Å²) >= 11 is 1.60. The van der Waals surface area contributed by atoms with Crippen molar-refractivity contribution < 1.29 is 9.53 Å². The van der Waals surface area contributed by atoms with E-state index in [2.05, 4.69) is 46.5 Å². The number of fused-ring (bicyclic) bond motifs is 1. The first-order chi connectivity index (χ1) is 15.0. The second-order valence-electron chi connectivity index (χ2n) is 7.38. The zero-order valence-electron chi connectivity index (χ0n) is 18.5. The number of aromatic nitrogens is 4. The number of nitrogens with one attached hydrogen (secondary N) is 2. The molecule has 3 rings (SSSR count). The average molecular weight is 443 g/mol. The number of ether oxygens (including phenoxy) is 1. The fourth-order valence-corrected chi connectivity index (χ4v) is 3.54. The first kappa shape index (κ1) is 22.9. The average Bonchev–Trinajstić information content (AvgIpc) is 3.16. The van der Waals surface area contributed by atoms with Crippen molar-refractivity contribution in [3.63, 3.8) is 0 Å². The maximum atomic E-state index is 12.4. The molecule has 0 saturated carbocycles. The van der Waals surface area contributed by atoms with Crippen molar-refractivity contribution in [1.29, 1.82) is 0 Å². The van der Waals surface area contributed by atoms with Gasteiger partial charge in [0.15, 0.2) is 10.8 Å². The smallest absolute Gasteiger partial charge is 0.251 e. The van der Waals surface area contributed by atoms with Crippen LogP contribution in [0.1, 0.15) is 38.1 Å². The minimum Gasteiger partial charge on any atom is -0.494 e. The van der Waals surface area contributed by atoms with Crippen LogP contribution in [0.4, 0.5) is 5.82 Å². The Hall–Kier alpha value is -2.81. The van der Waals surface area contributed by atoms with Gasteiger partial charge in [0.2, 0.25) is 0 Å². The lowest BCUT2D eigenvalue weighted by Gasteiger charge is -2.11. The second kappa shape index (κ2) is 11.0. The zero-order chi connectivity index (χ0) is 22.2. The van der Waals surface area contributed by atoms with Crippen molar-refractivity contribution >= 4 is 34.5 Å². The molecule has 31 heavy (non-hydrogen) atoms. The molecule has 2 N–H and O–H groups in total. The standard InChI is InChI=1S/C22H30N6O2S/c1-5-30-17-9-7-16(8-10-17)21(29)23-11-12-28-20-18(14-25-28)19(24-13-15(3)4)26-22(27-20)31-6-2/h7-10,14-15H,5-6,11-13H2,1-4H3,(H,23,29)(H,24,26,27). The van der Waals surface area contributed by atoms with Crippen LogP contribution in [0.2, 0.25) is 0 Å². The fourth-order valence-electron chi connectivity index (χ4n) is 2.97. The normalized spacial score (nSPS) is 11.1. The van der Waals surface area contributed by atoms with Crippen molar-refractivity contribution in [3.05, 3.63) is 36.0 Å². The molecule has 0 atom stereocenters. The van der Waals surface area contributed by atoms with Crippen molar-refractivity contribution in [2.24, 2.45) is 5.92 Å². The van der Waals surface area contributed by atoms with E-state index in [1.807, 2.05) is 11.6 Å². The molecule has 0 bridgehead atoms. The number of anilines is 1. The Morgan fingerprint density at radius 3 is 2.65 bits per heavy atom. The van der Waals surface area contributed by atoms with Gasteiger partial charge in [-0.05, 0) is 42.9 Å². The Morgan fingerprint density at radius 2 is 1.97 bits per heavy atom. The van der Waals surface area contributed by atoms with Gasteiger partial charge in [0.05, 0.1) is 24.7 Å². The molecule has 0 saturated heterocycles. The highest BCUT2D eigenvalue weighted by Crippen LogP contribution is 2.24. The molecule has 1 amide bonds. The van der Waals surface area contributed by atoms with Crippen molar-refractivity contribution in [3.8, 4) is 5.75 Å². The summed E-state index contributed by atoms with van der Waals surface area (Å²) in [5.74, 6) is 2.82.